The predicted molar refractivity (Wildman–Crippen MR) is 86.6 cm³/mol. The number of benzene rings is 1. The molecule has 0 aliphatic rings. The highest BCUT2D eigenvalue weighted by Gasteiger charge is 2.05. The maximum absolute atomic E-state index is 5.94. The number of anilines is 3. The number of nitrogens with one attached hydrogen (secondary N) is 2. The van der Waals surface area contributed by atoms with E-state index in [1.165, 1.54) is 0 Å². The van der Waals surface area contributed by atoms with Crippen molar-refractivity contribution in [1.29, 1.82) is 0 Å². The Morgan fingerprint density at radius 1 is 1.10 bits per heavy atom. The Labute approximate surface area is 133 Å². The summed E-state index contributed by atoms with van der Waals surface area (Å²) >= 11 is 11.8. The second-order valence-electron chi connectivity index (χ2n) is 4.62. The molecule has 2 N–H and O–H groups in total. The van der Waals surface area contributed by atoms with Crippen molar-refractivity contribution in [3.63, 3.8) is 0 Å². The molecule has 0 saturated heterocycles. The maximum atomic E-state index is 5.94. The number of nitrogens with zero attached hydrogens (tertiary/aromatic N) is 4. The Bertz CT molecular complexity index is 605. The summed E-state index contributed by atoms with van der Waals surface area (Å²) in [7, 11) is 3.99. The van der Waals surface area contributed by atoms with Gasteiger partial charge >= 0.3 is 0 Å². The molecule has 0 bridgehead atoms. The lowest BCUT2D eigenvalue weighted by Crippen LogP contribution is -2.21. The van der Waals surface area contributed by atoms with Crippen LogP contribution in [0.2, 0.25) is 10.3 Å². The van der Waals surface area contributed by atoms with Gasteiger partial charge in [-0.3, -0.25) is 0 Å². The van der Waals surface area contributed by atoms with Crippen LogP contribution in [-0.2, 0) is 0 Å². The van der Waals surface area contributed by atoms with Gasteiger partial charge in [0.05, 0.1) is 0 Å². The second kappa shape index (κ2) is 7.40. The average molecular weight is 327 g/mol. The van der Waals surface area contributed by atoms with Crippen molar-refractivity contribution in [3.05, 3.63) is 34.6 Å². The lowest BCUT2D eigenvalue weighted by Gasteiger charge is -2.11. The fourth-order valence-electron chi connectivity index (χ4n) is 1.57. The number of hydrogen-bond donors (Lipinski definition) is 2. The molecule has 8 heteroatoms. The molecule has 0 atom stereocenters. The largest absolute Gasteiger partial charge is 0.353 e. The standard InChI is InChI=1S/C13H16Cl2N6/c1-21(2)7-6-16-12-18-11(15)19-13(20-12)17-10-5-3-4-9(14)8-10/h3-5,8H,6-7H2,1-2H3,(H2,16,17,18,19,20). The summed E-state index contributed by atoms with van der Waals surface area (Å²) in [6.45, 7) is 1.57. The minimum Gasteiger partial charge on any atom is -0.353 e. The van der Waals surface area contributed by atoms with E-state index in [1.807, 2.05) is 26.2 Å². The number of aromatic nitrogens is 3. The summed E-state index contributed by atoms with van der Waals surface area (Å²) in [6.07, 6.45) is 0. The van der Waals surface area contributed by atoms with Gasteiger partial charge in [0.1, 0.15) is 0 Å². The molecule has 1 heterocycles. The Hall–Kier alpha value is -1.63. The van der Waals surface area contributed by atoms with Crippen LogP contribution in [0.25, 0.3) is 0 Å². The third-order valence-corrected chi connectivity index (χ3v) is 2.94. The van der Waals surface area contributed by atoms with Crippen molar-refractivity contribution in [1.82, 2.24) is 19.9 Å². The highest BCUT2D eigenvalue weighted by Crippen LogP contribution is 2.19. The molecule has 112 valence electrons. The summed E-state index contributed by atoms with van der Waals surface area (Å²) in [6, 6.07) is 7.27. The molecule has 1 aromatic carbocycles. The van der Waals surface area contributed by atoms with Gasteiger partial charge < -0.3 is 15.5 Å². The van der Waals surface area contributed by atoms with Gasteiger partial charge in [-0.15, -0.1) is 0 Å². The van der Waals surface area contributed by atoms with Gasteiger partial charge in [-0.1, -0.05) is 17.7 Å². The molecule has 0 aliphatic carbocycles. The zero-order valence-electron chi connectivity index (χ0n) is 11.8. The highest BCUT2D eigenvalue weighted by molar-refractivity contribution is 6.30. The van der Waals surface area contributed by atoms with E-state index in [-0.39, 0.29) is 5.28 Å². The van der Waals surface area contributed by atoms with Crippen molar-refractivity contribution in [2.75, 3.05) is 37.8 Å². The molecule has 21 heavy (non-hydrogen) atoms. The molecular formula is C13H16Cl2N6. The molecule has 0 fully saturated rings. The van der Waals surface area contributed by atoms with Gasteiger partial charge in [0, 0.05) is 23.8 Å². The number of hydrogen-bond acceptors (Lipinski definition) is 6. The molecule has 6 nitrogen and oxygen atoms in total. The van der Waals surface area contributed by atoms with Crippen molar-refractivity contribution in [2.24, 2.45) is 0 Å². The number of halogens is 2. The topological polar surface area (TPSA) is 66.0 Å². The third-order valence-electron chi connectivity index (χ3n) is 2.53. The molecule has 0 amide bonds. The van der Waals surface area contributed by atoms with Gasteiger partial charge in [0.15, 0.2) is 0 Å². The SMILES string of the molecule is CN(C)CCNc1nc(Cl)nc(Nc2cccc(Cl)c2)n1. The first-order valence-corrected chi connectivity index (χ1v) is 7.11. The first kappa shape index (κ1) is 15.8. The zero-order chi connectivity index (χ0) is 15.2. The Morgan fingerprint density at radius 3 is 2.57 bits per heavy atom. The fourth-order valence-corrected chi connectivity index (χ4v) is 1.92. The minimum atomic E-state index is 0.127. The van der Waals surface area contributed by atoms with Gasteiger partial charge in [-0.2, -0.15) is 15.0 Å². The minimum absolute atomic E-state index is 0.127. The van der Waals surface area contributed by atoms with Crippen molar-refractivity contribution < 1.29 is 0 Å². The van der Waals surface area contributed by atoms with Crippen LogP contribution >= 0.6 is 23.2 Å². The van der Waals surface area contributed by atoms with E-state index in [0.717, 1.165) is 12.2 Å². The van der Waals surface area contributed by atoms with E-state index in [1.54, 1.807) is 12.1 Å². The molecule has 2 aromatic rings. The first-order valence-electron chi connectivity index (χ1n) is 6.36. The van der Waals surface area contributed by atoms with Crippen molar-refractivity contribution >= 4 is 40.8 Å². The zero-order valence-corrected chi connectivity index (χ0v) is 13.3. The van der Waals surface area contributed by atoms with E-state index < -0.39 is 0 Å². The molecule has 2 rings (SSSR count). The molecule has 0 unspecified atom stereocenters. The molecule has 0 spiro atoms. The lowest BCUT2D eigenvalue weighted by atomic mass is 10.3. The van der Waals surface area contributed by atoms with Crippen LogP contribution in [0.3, 0.4) is 0 Å². The first-order chi connectivity index (χ1) is 10.0. The summed E-state index contributed by atoms with van der Waals surface area (Å²) in [5.41, 5.74) is 0.781. The number of rotatable bonds is 6. The van der Waals surface area contributed by atoms with Crippen molar-refractivity contribution in [2.45, 2.75) is 0 Å². The van der Waals surface area contributed by atoms with E-state index in [0.29, 0.717) is 23.5 Å². The van der Waals surface area contributed by atoms with Crippen molar-refractivity contribution in [3.8, 4) is 0 Å². The van der Waals surface area contributed by atoms with Gasteiger partial charge in [-0.25, -0.2) is 0 Å². The summed E-state index contributed by atoms with van der Waals surface area (Å²) in [5.74, 6) is 0.797. The van der Waals surface area contributed by atoms with Crippen LogP contribution < -0.4 is 10.6 Å². The lowest BCUT2D eigenvalue weighted by molar-refractivity contribution is 0.425. The van der Waals surface area contributed by atoms with E-state index in [9.17, 15) is 0 Å². The van der Waals surface area contributed by atoms with Crippen LogP contribution in [0, 0.1) is 0 Å². The van der Waals surface area contributed by atoms with Gasteiger partial charge in [-0.05, 0) is 43.9 Å². The Kier molecular flexibility index (Phi) is 5.55. The highest BCUT2D eigenvalue weighted by atomic mass is 35.5. The van der Waals surface area contributed by atoms with E-state index >= 15 is 0 Å². The monoisotopic (exact) mass is 326 g/mol. The molecule has 0 aliphatic heterocycles. The third kappa shape index (κ3) is 5.34. The van der Waals surface area contributed by atoms with Crippen LogP contribution in [0.15, 0.2) is 24.3 Å². The summed E-state index contributed by atoms with van der Waals surface area (Å²) < 4.78 is 0. The van der Waals surface area contributed by atoms with Gasteiger partial charge in [0.25, 0.3) is 0 Å². The van der Waals surface area contributed by atoms with Crippen LogP contribution in [0.5, 0.6) is 0 Å². The normalized spacial score (nSPS) is 10.7. The molecule has 0 saturated carbocycles. The Balaban J connectivity index is 2.07. The quantitative estimate of drug-likeness (QED) is 0.850. The van der Waals surface area contributed by atoms with Gasteiger partial charge in [0.2, 0.25) is 17.2 Å². The van der Waals surface area contributed by atoms with Crippen LogP contribution in [0.4, 0.5) is 17.6 Å². The summed E-state index contributed by atoms with van der Waals surface area (Å²) in [4.78, 5) is 14.4. The fraction of sp³-hybridized carbons (Fsp3) is 0.308. The van der Waals surface area contributed by atoms with E-state index in [4.69, 9.17) is 23.2 Å². The summed E-state index contributed by atoms with van der Waals surface area (Å²) in [5, 5.41) is 6.90. The molecular weight excluding hydrogens is 311 g/mol. The van der Waals surface area contributed by atoms with Crippen LogP contribution in [-0.4, -0.2) is 47.0 Å². The van der Waals surface area contributed by atoms with E-state index in [2.05, 4.69) is 30.5 Å². The molecule has 0 radical (unpaired) electrons. The van der Waals surface area contributed by atoms with Crippen LogP contribution in [0.1, 0.15) is 0 Å². The average Bonchev–Trinajstić information content (AvgIpc) is 2.37. The molecule has 1 aromatic heterocycles. The predicted octanol–water partition coefficient (Wildman–Crippen LogP) is 2.90. The number of likely N-dealkylation sites (N-methyl/N-ethyl adjacent to an activating group) is 1. The Morgan fingerprint density at radius 2 is 1.86 bits per heavy atom. The smallest absolute Gasteiger partial charge is 0.233 e. The second-order valence-corrected chi connectivity index (χ2v) is 5.39. The maximum Gasteiger partial charge on any atom is 0.233 e.